The third-order valence-corrected chi connectivity index (χ3v) is 5.83. The standard InChI is InChI=1S/C16H17N3OS2/c20-15(18-7-3-1-2-4-8-18)13-11-22-16-17-12(10-19(13)16)14-6-5-9-21-14/h5-6,9-11H,1-4,7-8H2. The summed E-state index contributed by atoms with van der Waals surface area (Å²) in [6.07, 6.45) is 6.68. The van der Waals surface area contributed by atoms with Crippen LogP contribution >= 0.6 is 22.7 Å². The van der Waals surface area contributed by atoms with Crippen LogP contribution in [0.3, 0.4) is 0 Å². The molecule has 114 valence electrons. The van der Waals surface area contributed by atoms with Gasteiger partial charge in [0, 0.05) is 24.7 Å². The van der Waals surface area contributed by atoms with Crippen molar-refractivity contribution >= 4 is 33.5 Å². The summed E-state index contributed by atoms with van der Waals surface area (Å²) in [7, 11) is 0. The molecule has 6 heteroatoms. The van der Waals surface area contributed by atoms with E-state index in [1.54, 1.807) is 11.3 Å². The molecule has 0 spiro atoms. The van der Waals surface area contributed by atoms with Crippen LogP contribution in [0.15, 0.2) is 29.1 Å². The third-order valence-electron chi connectivity index (χ3n) is 4.10. The second-order valence-corrected chi connectivity index (χ2v) is 7.37. The third kappa shape index (κ3) is 2.46. The first-order valence-corrected chi connectivity index (χ1v) is 9.38. The van der Waals surface area contributed by atoms with Crippen molar-refractivity contribution in [2.24, 2.45) is 0 Å². The molecule has 0 N–H and O–H groups in total. The molecule has 1 amide bonds. The van der Waals surface area contributed by atoms with E-state index in [9.17, 15) is 4.79 Å². The first kappa shape index (κ1) is 14.0. The fraction of sp³-hybridized carbons (Fsp3) is 0.375. The maximum atomic E-state index is 12.8. The fourth-order valence-electron chi connectivity index (χ4n) is 2.92. The molecule has 1 fully saturated rings. The molecule has 3 aromatic heterocycles. The molecule has 4 nitrogen and oxygen atoms in total. The van der Waals surface area contributed by atoms with Crippen LogP contribution in [0.1, 0.15) is 36.2 Å². The molecule has 0 saturated carbocycles. The highest BCUT2D eigenvalue weighted by molar-refractivity contribution is 7.15. The van der Waals surface area contributed by atoms with Crippen molar-refractivity contribution in [3.63, 3.8) is 0 Å². The number of carbonyl (C=O) groups is 1. The highest BCUT2D eigenvalue weighted by Gasteiger charge is 2.21. The van der Waals surface area contributed by atoms with Crippen molar-refractivity contribution in [1.82, 2.24) is 14.3 Å². The Hall–Kier alpha value is -1.66. The molecule has 1 saturated heterocycles. The van der Waals surface area contributed by atoms with Gasteiger partial charge in [-0.2, -0.15) is 0 Å². The number of nitrogens with zero attached hydrogens (tertiary/aromatic N) is 3. The molecule has 0 radical (unpaired) electrons. The van der Waals surface area contributed by atoms with Crippen LogP contribution in [-0.4, -0.2) is 33.3 Å². The van der Waals surface area contributed by atoms with Crippen LogP contribution in [-0.2, 0) is 0 Å². The van der Waals surface area contributed by atoms with Gasteiger partial charge in [-0.15, -0.1) is 22.7 Å². The number of thiophene rings is 1. The summed E-state index contributed by atoms with van der Waals surface area (Å²) in [4.78, 5) is 21.5. The monoisotopic (exact) mass is 331 g/mol. The Bertz CT molecular complexity index is 780. The van der Waals surface area contributed by atoms with E-state index in [2.05, 4.69) is 11.1 Å². The van der Waals surface area contributed by atoms with Crippen molar-refractivity contribution in [2.45, 2.75) is 25.7 Å². The second kappa shape index (κ2) is 5.85. The van der Waals surface area contributed by atoms with Crippen LogP contribution in [0.4, 0.5) is 0 Å². The Balaban J connectivity index is 1.67. The number of amides is 1. The van der Waals surface area contributed by atoms with E-state index in [1.807, 2.05) is 32.3 Å². The molecule has 0 bridgehead atoms. The Kier molecular flexibility index (Phi) is 3.72. The lowest BCUT2D eigenvalue weighted by Crippen LogP contribution is -2.32. The zero-order valence-electron chi connectivity index (χ0n) is 12.2. The zero-order valence-corrected chi connectivity index (χ0v) is 13.8. The van der Waals surface area contributed by atoms with Crippen LogP contribution < -0.4 is 0 Å². The van der Waals surface area contributed by atoms with Crippen molar-refractivity contribution in [2.75, 3.05) is 13.1 Å². The minimum absolute atomic E-state index is 0.142. The number of imidazole rings is 1. The molecule has 0 unspecified atom stereocenters. The molecule has 4 rings (SSSR count). The summed E-state index contributed by atoms with van der Waals surface area (Å²) in [6.45, 7) is 1.76. The van der Waals surface area contributed by atoms with E-state index in [-0.39, 0.29) is 5.91 Å². The summed E-state index contributed by atoms with van der Waals surface area (Å²) in [6, 6.07) is 4.09. The van der Waals surface area contributed by atoms with Gasteiger partial charge in [0.1, 0.15) is 11.4 Å². The van der Waals surface area contributed by atoms with Crippen LogP contribution in [0.5, 0.6) is 0 Å². The van der Waals surface area contributed by atoms with E-state index >= 15 is 0 Å². The maximum Gasteiger partial charge on any atom is 0.271 e. The van der Waals surface area contributed by atoms with E-state index in [4.69, 9.17) is 0 Å². The molecule has 0 aliphatic carbocycles. The quantitative estimate of drug-likeness (QED) is 0.708. The van der Waals surface area contributed by atoms with Gasteiger partial charge in [0.15, 0.2) is 4.96 Å². The Morgan fingerprint density at radius 3 is 2.68 bits per heavy atom. The molecule has 22 heavy (non-hydrogen) atoms. The topological polar surface area (TPSA) is 37.6 Å². The molecule has 0 atom stereocenters. The smallest absolute Gasteiger partial charge is 0.271 e. The molecular weight excluding hydrogens is 314 g/mol. The first-order chi connectivity index (χ1) is 10.8. The predicted octanol–water partition coefficient (Wildman–Crippen LogP) is 4.14. The largest absolute Gasteiger partial charge is 0.337 e. The second-order valence-electron chi connectivity index (χ2n) is 5.58. The van der Waals surface area contributed by atoms with Gasteiger partial charge >= 0.3 is 0 Å². The highest BCUT2D eigenvalue weighted by atomic mass is 32.1. The van der Waals surface area contributed by atoms with Crippen LogP contribution in [0.2, 0.25) is 0 Å². The lowest BCUT2D eigenvalue weighted by atomic mass is 10.2. The predicted molar refractivity (Wildman–Crippen MR) is 90.8 cm³/mol. The molecule has 0 aromatic carbocycles. The average Bonchev–Trinajstić information content (AvgIpc) is 3.19. The van der Waals surface area contributed by atoms with E-state index in [0.29, 0.717) is 0 Å². The molecule has 4 heterocycles. The van der Waals surface area contributed by atoms with Gasteiger partial charge in [-0.25, -0.2) is 4.98 Å². The van der Waals surface area contributed by atoms with Crippen LogP contribution in [0.25, 0.3) is 15.5 Å². The van der Waals surface area contributed by atoms with E-state index in [1.165, 1.54) is 24.2 Å². The zero-order chi connectivity index (χ0) is 14.9. The van der Waals surface area contributed by atoms with Gasteiger partial charge in [0.05, 0.1) is 4.88 Å². The first-order valence-electron chi connectivity index (χ1n) is 7.63. The van der Waals surface area contributed by atoms with Gasteiger partial charge in [-0.05, 0) is 24.3 Å². The number of hydrogen-bond donors (Lipinski definition) is 0. The average molecular weight is 331 g/mol. The van der Waals surface area contributed by atoms with Gasteiger partial charge < -0.3 is 4.90 Å². The van der Waals surface area contributed by atoms with E-state index < -0.39 is 0 Å². The number of thiazole rings is 1. The summed E-state index contributed by atoms with van der Waals surface area (Å²) < 4.78 is 1.95. The fourth-order valence-corrected chi connectivity index (χ4v) is 4.44. The summed E-state index contributed by atoms with van der Waals surface area (Å²) in [5.74, 6) is 0.142. The molecule has 1 aliphatic heterocycles. The Morgan fingerprint density at radius 2 is 1.95 bits per heavy atom. The summed E-state index contributed by atoms with van der Waals surface area (Å²) in [5, 5.41) is 3.99. The SMILES string of the molecule is O=C(c1csc2nc(-c3cccs3)cn12)N1CCCCCC1. The number of fused-ring (bicyclic) bond motifs is 1. The highest BCUT2D eigenvalue weighted by Crippen LogP contribution is 2.27. The van der Waals surface area contributed by atoms with Crippen molar-refractivity contribution in [1.29, 1.82) is 0 Å². The van der Waals surface area contributed by atoms with Crippen LogP contribution in [0, 0.1) is 0 Å². The number of aromatic nitrogens is 2. The van der Waals surface area contributed by atoms with Crippen molar-refractivity contribution in [3.8, 4) is 10.6 Å². The van der Waals surface area contributed by atoms with E-state index in [0.717, 1.165) is 47.2 Å². The maximum absolute atomic E-state index is 12.8. The summed E-state index contributed by atoms with van der Waals surface area (Å²) >= 11 is 3.21. The molecule has 3 aromatic rings. The number of rotatable bonds is 2. The Labute approximate surface area is 137 Å². The minimum Gasteiger partial charge on any atom is -0.337 e. The lowest BCUT2D eigenvalue weighted by molar-refractivity contribution is 0.0755. The number of hydrogen-bond acceptors (Lipinski definition) is 4. The van der Waals surface area contributed by atoms with Crippen molar-refractivity contribution in [3.05, 3.63) is 34.8 Å². The van der Waals surface area contributed by atoms with Gasteiger partial charge in [-0.1, -0.05) is 18.9 Å². The molecule has 1 aliphatic rings. The van der Waals surface area contributed by atoms with Gasteiger partial charge in [0.2, 0.25) is 0 Å². The molecular formula is C16H17N3OS2. The van der Waals surface area contributed by atoms with Crippen molar-refractivity contribution < 1.29 is 4.79 Å². The van der Waals surface area contributed by atoms with Gasteiger partial charge in [0.25, 0.3) is 5.91 Å². The Morgan fingerprint density at radius 1 is 1.14 bits per heavy atom. The normalized spacial score (nSPS) is 16.1. The number of carbonyl (C=O) groups excluding carboxylic acids is 1. The summed E-state index contributed by atoms with van der Waals surface area (Å²) in [5.41, 5.74) is 1.70. The number of likely N-dealkylation sites (tertiary alicyclic amines) is 1. The minimum atomic E-state index is 0.142. The lowest BCUT2D eigenvalue weighted by Gasteiger charge is -2.19. The van der Waals surface area contributed by atoms with Gasteiger partial charge in [-0.3, -0.25) is 9.20 Å².